The molecule has 22 heavy (non-hydrogen) atoms. The van der Waals surface area contributed by atoms with E-state index in [-0.39, 0.29) is 11.8 Å². The van der Waals surface area contributed by atoms with Crippen molar-refractivity contribution in [3.8, 4) is 0 Å². The second kappa shape index (κ2) is 5.76. The second-order valence-corrected chi connectivity index (χ2v) is 5.40. The zero-order valence-electron chi connectivity index (χ0n) is 12.2. The number of urea groups is 1. The number of benzene rings is 1. The first kappa shape index (κ1) is 14.5. The van der Waals surface area contributed by atoms with E-state index < -0.39 is 18.2 Å². The smallest absolute Gasteiger partial charge is 0.324 e. The van der Waals surface area contributed by atoms with Crippen molar-refractivity contribution < 1.29 is 19.1 Å². The SMILES string of the molecule is CN1C(=O)NC(c2cccc(NC(=O)C3CCCO3)c2)C1=O. The molecule has 0 radical (unpaired) electrons. The number of amides is 4. The minimum absolute atomic E-state index is 0.187. The highest BCUT2D eigenvalue weighted by Gasteiger charge is 2.36. The normalized spacial score (nSPS) is 24.5. The highest BCUT2D eigenvalue weighted by molar-refractivity contribution is 6.04. The maximum absolute atomic E-state index is 12.0. The molecular weight excluding hydrogens is 286 g/mol. The molecule has 2 fully saturated rings. The Balaban J connectivity index is 1.74. The number of nitrogens with zero attached hydrogens (tertiary/aromatic N) is 1. The topological polar surface area (TPSA) is 87.7 Å². The number of likely N-dealkylation sites (N-methyl/N-ethyl adjacent to an activating group) is 1. The first-order valence-corrected chi connectivity index (χ1v) is 7.17. The van der Waals surface area contributed by atoms with Crippen molar-refractivity contribution in [2.45, 2.75) is 25.0 Å². The Morgan fingerprint density at radius 3 is 2.86 bits per heavy atom. The molecule has 0 saturated carbocycles. The van der Waals surface area contributed by atoms with Gasteiger partial charge in [-0.1, -0.05) is 12.1 Å². The molecule has 7 nitrogen and oxygen atoms in total. The lowest BCUT2D eigenvalue weighted by Crippen LogP contribution is -2.27. The maximum atomic E-state index is 12.0. The molecule has 116 valence electrons. The summed E-state index contributed by atoms with van der Waals surface area (Å²) in [6.07, 6.45) is 1.18. The number of rotatable bonds is 3. The molecule has 7 heteroatoms. The summed E-state index contributed by atoms with van der Waals surface area (Å²) in [6.45, 7) is 0.604. The molecule has 2 N–H and O–H groups in total. The van der Waals surface area contributed by atoms with Crippen molar-refractivity contribution in [1.29, 1.82) is 0 Å². The number of hydrogen-bond donors (Lipinski definition) is 2. The van der Waals surface area contributed by atoms with E-state index in [1.54, 1.807) is 24.3 Å². The van der Waals surface area contributed by atoms with Crippen LogP contribution in [0.3, 0.4) is 0 Å². The van der Waals surface area contributed by atoms with E-state index in [1.807, 2.05) is 0 Å². The van der Waals surface area contributed by atoms with Crippen LogP contribution >= 0.6 is 0 Å². The third-order valence-electron chi connectivity index (χ3n) is 3.86. The number of ether oxygens (including phenoxy) is 1. The van der Waals surface area contributed by atoms with Crippen LogP contribution in [-0.4, -0.2) is 42.5 Å². The average molecular weight is 303 g/mol. The summed E-state index contributed by atoms with van der Waals surface area (Å²) in [5, 5.41) is 5.39. The Morgan fingerprint density at radius 1 is 1.41 bits per heavy atom. The van der Waals surface area contributed by atoms with Gasteiger partial charge >= 0.3 is 6.03 Å². The van der Waals surface area contributed by atoms with Gasteiger partial charge in [-0.25, -0.2) is 4.79 Å². The van der Waals surface area contributed by atoms with Gasteiger partial charge in [-0.15, -0.1) is 0 Å². The van der Waals surface area contributed by atoms with Gasteiger partial charge in [0.15, 0.2) is 0 Å². The van der Waals surface area contributed by atoms with Crippen LogP contribution in [0, 0.1) is 0 Å². The zero-order valence-corrected chi connectivity index (χ0v) is 12.2. The minimum Gasteiger partial charge on any atom is -0.368 e. The largest absolute Gasteiger partial charge is 0.368 e. The molecule has 4 amide bonds. The van der Waals surface area contributed by atoms with E-state index in [4.69, 9.17) is 4.74 Å². The molecule has 2 heterocycles. The molecule has 2 aliphatic rings. The lowest BCUT2D eigenvalue weighted by Gasteiger charge is -2.13. The van der Waals surface area contributed by atoms with Crippen LogP contribution in [-0.2, 0) is 14.3 Å². The van der Waals surface area contributed by atoms with Crippen LogP contribution in [0.4, 0.5) is 10.5 Å². The van der Waals surface area contributed by atoms with Gasteiger partial charge in [0, 0.05) is 19.3 Å². The Hall–Kier alpha value is -2.41. The Bertz CT molecular complexity index is 625. The van der Waals surface area contributed by atoms with Crippen LogP contribution in [0.2, 0.25) is 0 Å². The zero-order chi connectivity index (χ0) is 15.7. The molecule has 0 spiro atoms. The van der Waals surface area contributed by atoms with Crippen molar-refractivity contribution in [1.82, 2.24) is 10.2 Å². The number of anilines is 1. The first-order valence-electron chi connectivity index (χ1n) is 7.17. The molecule has 0 aliphatic carbocycles. The summed E-state index contributed by atoms with van der Waals surface area (Å²) in [4.78, 5) is 36.6. The fourth-order valence-corrected chi connectivity index (χ4v) is 2.60. The molecule has 1 aromatic rings. The predicted molar refractivity (Wildman–Crippen MR) is 78.1 cm³/mol. The molecule has 0 bridgehead atoms. The quantitative estimate of drug-likeness (QED) is 0.816. The highest BCUT2D eigenvalue weighted by Crippen LogP contribution is 2.24. The number of imide groups is 1. The Morgan fingerprint density at radius 2 is 2.23 bits per heavy atom. The van der Waals surface area contributed by atoms with Gasteiger partial charge in [0.2, 0.25) is 0 Å². The first-order chi connectivity index (χ1) is 10.6. The fourth-order valence-electron chi connectivity index (χ4n) is 2.60. The summed E-state index contributed by atoms with van der Waals surface area (Å²) < 4.78 is 5.33. The van der Waals surface area contributed by atoms with Crippen LogP contribution in [0.25, 0.3) is 0 Å². The van der Waals surface area contributed by atoms with E-state index in [9.17, 15) is 14.4 Å². The van der Waals surface area contributed by atoms with E-state index in [0.717, 1.165) is 11.3 Å². The summed E-state index contributed by atoms with van der Waals surface area (Å²) in [6, 6.07) is 5.76. The van der Waals surface area contributed by atoms with Crippen LogP contribution < -0.4 is 10.6 Å². The van der Waals surface area contributed by atoms with Crippen molar-refractivity contribution in [2.75, 3.05) is 19.0 Å². The average Bonchev–Trinajstić information content (AvgIpc) is 3.13. The lowest BCUT2D eigenvalue weighted by atomic mass is 10.1. The lowest BCUT2D eigenvalue weighted by molar-refractivity contribution is -0.126. The monoisotopic (exact) mass is 303 g/mol. The number of hydrogen-bond acceptors (Lipinski definition) is 4. The van der Waals surface area contributed by atoms with Gasteiger partial charge in [0.1, 0.15) is 12.1 Å². The summed E-state index contributed by atoms with van der Waals surface area (Å²) in [7, 11) is 1.43. The molecular formula is C15H17N3O4. The van der Waals surface area contributed by atoms with Gasteiger partial charge in [-0.3, -0.25) is 14.5 Å². The molecule has 2 aliphatic heterocycles. The van der Waals surface area contributed by atoms with Crippen LogP contribution in [0.1, 0.15) is 24.4 Å². The minimum atomic E-state index is -0.711. The number of carbonyl (C=O) groups is 3. The van der Waals surface area contributed by atoms with Crippen molar-refractivity contribution in [3.63, 3.8) is 0 Å². The highest BCUT2D eigenvalue weighted by atomic mass is 16.5. The molecule has 2 atom stereocenters. The van der Waals surface area contributed by atoms with Crippen LogP contribution in [0.5, 0.6) is 0 Å². The Labute approximate surface area is 127 Å². The van der Waals surface area contributed by atoms with Gasteiger partial charge in [-0.2, -0.15) is 0 Å². The molecule has 0 aromatic heterocycles. The fraction of sp³-hybridized carbons (Fsp3) is 0.400. The predicted octanol–water partition coefficient (Wildman–Crippen LogP) is 1.03. The van der Waals surface area contributed by atoms with E-state index in [1.165, 1.54) is 7.05 Å². The van der Waals surface area contributed by atoms with Crippen molar-refractivity contribution in [3.05, 3.63) is 29.8 Å². The summed E-state index contributed by atoms with van der Waals surface area (Å²) in [5.74, 6) is -0.499. The van der Waals surface area contributed by atoms with E-state index in [2.05, 4.69) is 10.6 Å². The molecule has 2 unspecified atom stereocenters. The Kier molecular flexibility index (Phi) is 3.81. The van der Waals surface area contributed by atoms with Crippen molar-refractivity contribution >= 4 is 23.5 Å². The number of nitrogens with one attached hydrogen (secondary N) is 2. The second-order valence-electron chi connectivity index (χ2n) is 5.40. The molecule has 1 aromatic carbocycles. The molecule has 3 rings (SSSR count). The summed E-state index contributed by atoms with van der Waals surface area (Å²) in [5.41, 5.74) is 1.21. The van der Waals surface area contributed by atoms with Gasteiger partial charge in [-0.05, 0) is 30.5 Å². The maximum Gasteiger partial charge on any atom is 0.324 e. The van der Waals surface area contributed by atoms with E-state index >= 15 is 0 Å². The van der Waals surface area contributed by atoms with Crippen LogP contribution in [0.15, 0.2) is 24.3 Å². The number of carbonyl (C=O) groups excluding carboxylic acids is 3. The van der Waals surface area contributed by atoms with Gasteiger partial charge < -0.3 is 15.4 Å². The van der Waals surface area contributed by atoms with Crippen molar-refractivity contribution in [2.24, 2.45) is 0 Å². The van der Waals surface area contributed by atoms with Gasteiger partial charge in [0.25, 0.3) is 11.8 Å². The van der Waals surface area contributed by atoms with E-state index in [0.29, 0.717) is 24.3 Å². The van der Waals surface area contributed by atoms with Gasteiger partial charge in [0.05, 0.1) is 0 Å². The standard InChI is InChI=1S/C15H17N3O4/c1-18-14(20)12(17-15(18)21)9-4-2-5-10(8-9)16-13(19)11-6-3-7-22-11/h2,4-5,8,11-12H,3,6-7H2,1H3,(H,16,19)(H,17,21). The third-order valence-corrected chi connectivity index (χ3v) is 3.86. The summed E-state index contributed by atoms with van der Waals surface area (Å²) >= 11 is 0. The third kappa shape index (κ3) is 2.67. The molecule has 2 saturated heterocycles.